The summed E-state index contributed by atoms with van der Waals surface area (Å²) in [6.45, 7) is 3.17. The summed E-state index contributed by atoms with van der Waals surface area (Å²) in [5.41, 5.74) is 6.76. The standard InChI is InChI=1S/C13H16N4O2/c1-9-16-12(19-17-9)5-6-15-8-10-3-2-4-11(7-10)13(14)18/h2-4,7,15H,5-6,8H2,1H3,(H2,14,18). The predicted octanol–water partition coefficient (Wildman–Crippen LogP) is 0.809. The Morgan fingerprint density at radius 2 is 2.32 bits per heavy atom. The van der Waals surface area contributed by atoms with Gasteiger partial charge in [0.2, 0.25) is 11.8 Å². The highest BCUT2D eigenvalue weighted by Crippen LogP contribution is 2.04. The summed E-state index contributed by atoms with van der Waals surface area (Å²) >= 11 is 0. The van der Waals surface area contributed by atoms with Crippen LogP contribution >= 0.6 is 0 Å². The van der Waals surface area contributed by atoms with E-state index in [0.29, 0.717) is 30.2 Å². The number of carbonyl (C=O) groups is 1. The third-order valence-electron chi connectivity index (χ3n) is 2.63. The molecule has 2 rings (SSSR count). The molecule has 0 saturated heterocycles. The van der Waals surface area contributed by atoms with Crippen LogP contribution in [0, 0.1) is 6.92 Å². The Bertz CT molecular complexity index is 565. The van der Waals surface area contributed by atoms with Crippen LogP contribution in [-0.2, 0) is 13.0 Å². The van der Waals surface area contributed by atoms with Crippen LogP contribution in [0.15, 0.2) is 28.8 Å². The Labute approximate surface area is 111 Å². The smallest absolute Gasteiger partial charge is 0.248 e. The molecule has 0 unspecified atom stereocenters. The minimum Gasteiger partial charge on any atom is -0.366 e. The minimum atomic E-state index is -0.414. The number of hydrogen-bond donors (Lipinski definition) is 2. The summed E-state index contributed by atoms with van der Waals surface area (Å²) < 4.78 is 5.00. The minimum absolute atomic E-state index is 0.414. The molecule has 0 saturated carbocycles. The number of carbonyl (C=O) groups excluding carboxylic acids is 1. The molecule has 3 N–H and O–H groups in total. The van der Waals surface area contributed by atoms with E-state index in [9.17, 15) is 4.79 Å². The number of benzene rings is 1. The van der Waals surface area contributed by atoms with Crippen LogP contribution in [0.1, 0.15) is 27.6 Å². The number of nitrogens with two attached hydrogens (primary N) is 1. The number of amides is 1. The third kappa shape index (κ3) is 3.89. The first-order valence-electron chi connectivity index (χ1n) is 6.04. The van der Waals surface area contributed by atoms with Gasteiger partial charge in [0.25, 0.3) is 0 Å². The van der Waals surface area contributed by atoms with Gasteiger partial charge in [-0.05, 0) is 24.6 Å². The monoisotopic (exact) mass is 260 g/mol. The van der Waals surface area contributed by atoms with Crippen LogP contribution in [0.2, 0.25) is 0 Å². The van der Waals surface area contributed by atoms with Crippen molar-refractivity contribution < 1.29 is 9.32 Å². The van der Waals surface area contributed by atoms with Crippen LogP contribution < -0.4 is 11.1 Å². The van der Waals surface area contributed by atoms with Gasteiger partial charge in [-0.25, -0.2) is 0 Å². The molecule has 6 nitrogen and oxygen atoms in total. The molecule has 0 bridgehead atoms. The summed E-state index contributed by atoms with van der Waals surface area (Å²) in [7, 11) is 0. The van der Waals surface area contributed by atoms with Gasteiger partial charge in [-0.15, -0.1) is 0 Å². The van der Waals surface area contributed by atoms with Crippen molar-refractivity contribution in [2.75, 3.05) is 6.54 Å². The third-order valence-corrected chi connectivity index (χ3v) is 2.63. The van der Waals surface area contributed by atoms with E-state index >= 15 is 0 Å². The van der Waals surface area contributed by atoms with Crippen LogP contribution in [0.25, 0.3) is 0 Å². The maximum absolute atomic E-state index is 11.0. The van der Waals surface area contributed by atoms with Crippen LogP contribution in [0.5, 0.6) is 0 Å². The largest absolute Gasteiger partial charge is 0.366 e. The number of nitrogens with one attached hydrogen (secondary N) is 1. The molecule has 0 aliphatic heterocycles. The van der Waals surface area contributed by atoms with Gasteiger partial charge < -0.3 is 15.6 Å². The molecule has 0 spiro atoms. The quantitative estimate of drug-likeness (QED) is 0.749. The molecule has 1 amide bonds. The Kier molecular flexibility index (Phi) is 4.25. The molecular weight excluding hydrogens is 244 g/mol. The van der Waals surface area contributed by atoms with Crippen molar-refractivity contribution in [3.05, 3.63) is 47.1 Å². The average Bonchev–Trinajstić information content (AvgIpc) is 2.81. The summed E-state index contributed by atoms with van der Waals surface area (Å²) in [6.07, 6.45) is 0.677. The van der Waals surface area contributed by atoms with Crippen molar-refractivity contribution in [2.24, 2.45) is 5.73 Å². The molecular formula is C13H16N4O2. The highest BCUT2D eigenvalue weighted by atomic mass is 16.5. The SMILES string of the molecule is Cc1noc(CCNCc2cccc(C(N)=O)c2)n1. The lowest BCUT2D eigenvalue weighted by Crippen LogP contribution is -2.17. The molecule has 0 aliphatic carbocycles. The van der Waals surface area contributed by atoms with Crippen molar-refractivity contribution >= 4 is 5.91 Å². The molecule has 0 fully saturated rings. The number of hydrogen-bond acceptors (Lipinski definition) is 5. The summed E-state index contributed by atoms with van der Waals surface area (Å²) in [4.78, 5) is 15.2. The van der Waals surface area contributed by atoms with Gasteiger partial charge in [0.15, 0.2) is 5.82 Å². The number of aryl methyl sites for hydroxylation is 1. The molecule has 100 valence electrons. The highest BCUT2D eigenvalue weighted by Gasteiger charge is 2.03. The Balaban J connectivity index is 1.79. The van der Waals surface area contributed by atoms with Crippen molar-refractivity contribution in [1.82, 2.24) is 15.5 Å². The van der Waals surface area contributed by atoms with E-state index < -0.39 is 5.91 Å². The molecule has 1 aromatic heterocycles. The van der Waals surface area contributed by atoms with Gasteiger partial charge in [0.1, 0.15) is 0 Å². The van der Waals surface area contributed by atoms with E-state index in [0.717, 1.165) is 12.1 Å². The zero-order chi connectivity index (χ0) is 13.7. The van der Waals surface area contributed by atoms with Crippen molar-refractivity contribution in [3.63, 3.8) is 0 Å². The molecule has 19 heavy (non-hydrogen) atoms. The van der Waals surface area contributed by atoms with Crippen LogP contribution in [-0.4, -0.2) is 22.6 Å². The van der Waals surface area contributed by atoms with Crippen molar-refractivity contribution in [1.29, 1.82) is 0 Å². The fraction of sp³-hybridized carbons (Fsp3) is 0.308. The molecule has 6 heteroatoms. The summed E-state index contributed by atoms with van der Waals surface area (Å²) in [6, 6.07) is 7.24. The lowest BCUT2D eigenvalue weighted by Gasteiger charge is -2.04. The van der Waals surface area contributed by atoms with E-state index in [2.05, 4.69) is 15.5 Å². The summed E-state index contributed by atoms with van der Waals surface area (Å²) in [5.74, 6) is 0.850. The van der Waals surface area contributed by atoms with Crippen molar-refractivity contribution in [2.45, 2.75) is 19.9 Å². The number of aromatic nitrogens is 2. The fourth-order valence-electron chi connectivity index (χ4n) is 1.70. The first-order valence-corrected chi connectivity index (χ1v) is 6.04. The van der Waals surface area contributed by atoms with Gasteiger partial charge in [0, 0.05) is 25.1 Å². The van der Waals surface area contributed by atoms with Gasteiger partial charge in [-0.1, -0.05) is 17.3 Å². The van der Waals surface area contributed by atoms with Gasteiger partial charge in [-0.3, -0.25) is 4.79 Å². The predicted molar refractivity (Wildman–Crippen MR) is 69.4 cm³/mol. The lowest BCUT2D eigenvalue weighted by molar-refractivity contribution is 0.1000. The van der Waals surface area contributed by atoms with Gasteiger partial charge in [-0.2, -0.15) is 4.98 Å². The first kappa shape index (κ1) is 13.2. The fourth-order valence-corrected chi connectivity index (χ4v) is 1.70. The van der Waals surface area contributed by atoms with Gasteiger partial charge in [0.05, 0.1) is 0 Å². The number of nitrogens with zero attached hydrogens (tertiary/aromatic N) is 2. The molecule has 0 radical (unpaired) electrons. The zero-order valence-electron chi connectivity index (χ0n) is 10.7. The molecule has 2 aromatic rings. The zero-order valence-corrected chi connectivity index (χ0v) is 10.7. The normalized spacial score (nSPS) is 10.6. The Hall–Kier alpha value is -2.21. The number of rotatable bonds is 6. The summed E-state index contributed by atoms with van der Waals surface area (Å²) in [5, 5.41) is 6.96. The maximum atomic E-state index is 11.0. The van der Waals surface area contributed by atoms with Crippen molar-refractivity contribution in [3.8, 4) is 0 Å². The average molecular weight is 260 g/mol. The maximum Gasteiger partial charge on any atom is 0.248 e. The van der Waals surface area contributed by atoms with Crippen LogP contribution in [0.3, 0.4) is 0 Å². The second-order valence-corrected chi connectivity index (χ2v) is 4.23. The second kappa shape index (κ2) is 6.10. The highest BCUT2D eigenvalue weighted by molar-refractivity contribution is 5.92. The molecule has 0 atom stereocenters. The van der Waals surface area contributed by atoms with E-state index in [1.165, 1.54) is 0 Å². The van der Waals surface area contributed by atoms with Gasteiger partial charge >= 0.3 is 0 Å². The Morgan fingerprint density at radius 1 is 1.47 bits per heavy atom. The number of primary amides is 1. The molecule has 0 aliphatic rings. The Morgan fingerprint density at radius 3 is 3.00 bits per heavy atom. The topological polar surface area (TPSA) is 94.0 Å². The van der Waals surface area contributed by atoms with Crippen LogP contribution in [0.4, 0.5) is 0 Å². The first-order chi connectivity index (χ1) is 9.15. The van der Waals surface area contributed by atoms with E-state index in [-0.39, 0.29) is 0 Å². The van der Waals surface area contributed by atoms with E-state index in [1.54, 1.807) is 19.1 Å². The molecule has 1 aromatic carbocycles. The molecule has 1 heterocycles. The lowest BCUT2D eigenvalue weighted by atomic mass is 10.1. The van der Waals surface area contributed by atoms with E-state index in [1.807, 2.05) is 12.1 Å². The second-order valence-electron chi connectivity index (χ2n) is 4.23. The van der Waals surface area contributed by atoms with E-state index in [4.69, 9.17) is 10.3 Å².